The van der Waals surface area contributed by atoms with Crippen molar-refractivity contribution in [2.75, 3.05) is 26.8 Å². The third-order valence-electron chi connectivity index (χ3n) is 3.99. The van der Waals surface area contributed by atoms with E-state index in [2.05, 4.69) is 10.6 Å². The van der Waals surface area contributed by atoms with E-state index in [1.165, 1.54) is 11.3 Å². The van der Waals surface area contributed by atoms with Gasteiger partial charge in [0.15, 0.2) is 0 Å². The third kappa shape index (κ3) is 3.10. The lowest BCUT2D eigenvalue weighted by Crippen LogP contribution is -2.52. The van der Waals surface area contributed by atoms with E-state index in [0.717, 1.165) is 34.3 Å². The van der Waals surface area contributed by atoms with Crippen LogP contribution in [0.1, 0.15) is 22.5 Å². The molecular weight excluding hydrogens is 284 g/mol. The van der Waals surface area contributed by atoms with Crippen LogP contribution in [-0.2, 0) is 4.74 Å². The van der Waals surface area contributed by atoms with Crippen LogP contribution >= 0.6 is 11.3 Å². The van der Waals surface area contributed by atoms with Crippen LogP contribution in [0, 0.1) is 0 Å². The molecule has 1 atom stereocenters. The van der Waals surface area contributed by atoms with Gasteiger partial charge in [0.05, 0.1) is 17.0 Å². The van der Waals surface area contributed by atoms with Crippen molar-refractivity contribution in [3.05, 3.63) is 35.2 Å². The van der Waals surface area contributed by atoms with Crippen LogP contribution in [0.3, 0.4) is 0 Å². The number of hydrogen-bond donors (Lipinski definition) is 2. The molecule has 1 aromatic heterocycles. The molecule has 1 amide bonds. The number of nitrogens with one attached hydrogen (secondary N) is 2. The van der Waals surface area contributed by atoms with E-state index in [9.17, 15) is 4.79 Å². The number of hydrogen-bond acceptors (Lipinski definition) is 4. The fourth-order valence-corrected chi connectivity index (χ4v) is 3.88. The van der Waals surface area contributed by atoms with Crippen LogP contribution in [0.15, 0.2) is 30.3 Å². The number of fused-ring (bicyclic) bond motifs is 1. The Balaban J connectivity index is 1.68. The summed E-state index contributed by atoms with van der Waals surface area (Å²) in [5.74, 6) is 0.000350. The van der Waals surface area contributed by atoms with E-state index >= 15 is 0 Å². The summed E-state index contributed by atoms with van der Waals surface area (Å²) in [7, 11) is 1.70. The van der Waals surface area contributed by atoms with Crippen molar-refractivity contribution in [3.8, 4) is 0 Å². The molecule has 1 fully saturated rings. The van der Waals surface area contributed by atoms with Gasteiger partial charge in [0.1, 0.15) is 0 Å². The molecule has 0 spiro atoms. The van der Waals surface area contributed by atoms with Crippen LogP contribution in [0.5, 0.6) is 0 Å². The second-order valence-corrected chi connectivity index (χ2v) is 6.66. The van der Waals surface area contributed by atoms with E-state index in [-0.39, 0.29) is 11.4 Å². The summed E-state index contributed by atoms with van der Waals surface area (Å²) in [6, 6.07) is 10.0. The highest BCUT2D eigenvalue weighted by Crippen LogP contribution is 2.25. The third-order valence-corrected chi connectivity index (χ3v) is 5.10. The Morgan fingerprint density at radius 2 is 2.33 bits per heavy atom. The summed E-state index contributed by atoms with van der Waals surface area (Å²) in [6.45, 7) is 2.22. The zero-order valence-electron chi connectivity index (χ0n) is 12.1. The van der Waals surface area contributed by atoms with Gasteiger partial charge in [0.25, 0.3) is 5.91 Å². The van der Waals surface area contributed by atoms with E-state index in [0.29, 0.717) is 13.2 Å². The molecule has 0 radical (unpaired) electrons. The van der Waals surface area contributed by atoms with Gasteiger partial charge in [-0.15, -0.1) is 11.3 Å². The van der Waals surface area contributed by atoms with Crippen molar-refractivity contribution in [2.24, 2.45) is 0 Å². The first-order chi connectivity index (χ1) is 10.2. The average molecular weight is 304 g/mol. The molecule has 112 valence electrons. The predicted molar refractivity (Wildman–Crippen MR) is 86.0 cm³/mol. The summed E-state index contributed by atoms with van der Waals surface area (Å²) in [6.07, 6.45) is 2.16. The first-order valence-electron chi connectivity index (χ1n) is 7.23. The second kappa shape index (κ2) is 6.13. The molecule has 1 saturated heterocycles. The Morgan fingerprint density at radius 3 is 3.05 bits per heavy atom. The topological polar surface area (TPSA) is 50.4 Å². The van der Waals surface area contributed by atoms with Gasteiger partial charge >= 0.3 is 0 Å². The highest BCUT2D eigenvalue weighted by Gasteiger charge is 2.33. The van der Waals surface area contributed by atoms with Gasteiger partial charge in [-0.2, -0.15) is 0 Å². The van der Waals surface area contributed by atoms with Crippen molar-refractivity contribution in [1.82, 2.24) is 10.6 Å². The van der Waals surface area contributed by atoms with E-state index in [1.54, 1.807) is 7.11 Å². The Labute approximate surface area is 128 Å². The van der Waals surface area contributed by atoms with Crippen molar-refractivity contribution < 1.29 is 9.53 Å². The largest absolute Gasteiger partial charge is 0.383 e. The number of ether oxygens (including phenoxy) is 1. The van der Waals surface area contributed by atoms with Crippen LogP contribution in [0.4, 0.5) is 0 Å². The Hall–Kier alpha value is -1.43. The minimum atomic E-state index is -0.110. The Bertz CT molecular complexity index is 599. The summed E-state index contributed by atoms with van der Waals surface area (Å²) in [5.41, 5.74) is -0.110. The molecule has 1 aliphatic rings. The van der Waals surface area contributed by atoms with Gasteiger partial charge in [0, 0.05) is 18.4 Å². The molecule has 21 heavy (non-hydrogen) atoms. The lowest BCUT2D eigenvalue weighted by atomic mass is 9.98. The minimum Gasteiger partial charge on any atom is -0.383 e. The first-order valence-corrected chi connectivity index (χ1v) is 8.05. The standard InChI is InChI=1S/C16H20N2O2S/c1-20-11-16(7-4-8-18-16)10-17-15(19)14-9-12-5-2-3-6-13(12)21-14/h2-3,5-6,9,18H,4,7-8,10-11H2,1H3,(H,17,19). The van der Waals surface area contributed by atoms with Crippen LogP contribution in [-0.4, -0.2) is 38.3 Å². The van der Waals surface area contributed by atoms with Gasteiger partial charge in [0.2, 0.25) is 0 Å². The Morgan fingerprint density at radius 1 is 1.48 bits per heavy atom. The van der Waals surface area contributed by atoms with Gasteiger partial charge in [-0.1, -0.05) is 18.2 Å². The highest BCUT2D eigenvalue weighted by atomic mass is 32.1. The van der Waals surface area contributed by atoms with Gasteiger partial charge in [-0.05, 0) is 36.9 Å². The monoisotopic (exact) mass is 304 g/mol. The number of carbonyl (C=O) groups is 1. The van der Waals surface area contributed by atoms with Crippen molar-refractivity contribution in [3.63, 3.8) is 0 Å². The summed E-state index contributed by atoms with van der Waals surface area (Å²) < 4.78 is 6.45. The smallest absolute Gasteiger partial charge is 0.261 e. The molecule has 3 rings (SSSR count). The molecule has 0 saturated carbocycles. The lowest BCUT2D eigenvalue weighted by Gasteiger charge is -2.28. The van der Waals surface area contributed by atoms with Crippen LogP contribution < -0.4 is 10.6 Å². The quantitative estimate of drug-likeness (QED) is 0.892. The maximum absolute atomic E-state index is 12.3. The molecule has 2 aromatic rings. The fourth-order valence-electron chi connectivity index (χ4n) is 2.90. The summed E-state index contributed by atoms with van der Waals surface area (Å²) >= 11 is 1.54. The summed E-state index contributed by atoms with van der Waals surface area (Å²) in [5, 5.41) is 7.65. The van der Waals surface area contributed by atoms with Crippen molar-refractivity contribution in [1.29, 1.82) is 0 Å². The normalized spacial score (nSPS) is 21.8. The Kier molecular flexibility index (Phi) is 4.24. The van der Waals surface area contributed by atoms with Crippen LogP contribution in [0.2, 0.25) is 0 Å². The van der Waals surface area contributed by atoms with E-state index in [1.807, 2.05) is 30.3 Å². The van der Waals surface area contributed by atoms with Crippen molar-refractivity contribution in [2.45, 2.75) is 18.4 Å². The van der Waals surface area contributed by atoms with E-state index in [4.69, 9.17) is 4.74 Å². The predicted octanol–water partition coefficient (Wildman–Crippen LogP) is 2.40. The van der Waals surface area contributed by atoms with Crippen LogP contribution in [0.25, 0.3) is 10.1 Å². The molecule has 4 nitrogen and oxygen atoms in total. The molecule has 0 bridgehead atoms. The SMILES string of the molecule is COCC1(CNC(=O)c2cc3ccccc3s2)CCCN1. The molecule has 1 aromatic carbocycles. The number of carbonyl (C=O) groups excluding carboxylic acids is 1. The van der Waals surface area contributed by atoms with Gasteiger partial charge in [-0.3, -0.25) is 4.79 Å². The van der Waals surface area contributed by atoms with Gasteiger partial charge in [-0.25, -0.2) is 0 Å². The van der Waals surface area contributed by atoms with E-state index < -0.39 is 0 Å². The number of benzene rings is 1. The molecule has 2 heterocycles. The summed E-state index contributed by atoms with van der Waals surface area (Å²) in [4.78, 5) is 13.1. The second-order valence-electron chi connectivity index (χ2n) is 5.57. The minimum absolute atomic E-state index is 0.000350. The van der Waals surface area contributed by atoms with Gasteiger partial charge < -0.3 is 15.4 Å². The zero-order chi connectivity index (χ0) is 14.7. The number of methoxy groups -OCH3 is 1. The first kappa shape index (κ1) is 14.5. The molecule has 2 N–H and O–H groups in total. The van der Waals surface area contributed by atoms with Crippen molar-refractivity contribution >= 4 is 27.3 Å². The highest BCUT2D eigenvalue weighted by molar-refractivity contribution is 7.20. The maximum Gasteiger partial charge on any atom is 0.261 e. The molecule has 5 heteroatoms. The number of thiophene rings is 1. The molecule has 1 aliphatic heterocycles. The average Bonchev–Trinajstić information content (AvgIpc) is 3.12. The number of rotatable bonds is 5. The zero-order valence-corrected chi connectivity index (χ0v) is 13.0. The molecule has 1 unspecified atom stereocenters. The number of amides is 1. The molecule has 0 aliphatic carbocycles. The lowest BCUT2D eigenvalue weighted by molar-refractivity contribution is 0.0896. The maximum atomic E-state index is 12.3. The fraction of sp³-hybridized carbons (Fsp3) is 0.438. The molecular formula is C16H20N2O2S.